The number of hydrogen-bond donors (Lipinski definition) is 1. The Hall–Kier alpha value is -1.60. The van der Waals surface area contributed by atoms with Crippen LogP contribution in [0, 0.1) is 11.6 Å². The molecule has 0 heterocycles. The van der Waals surface area contributed by atoms with Gasteiger partial charge in [-0.1, -0.05) is 35.9 Å². The van der Waals surface area contributed by atoms with E-state index in [0.717, 1.165) is 0 Å². The molecular formula is C20H13Br2ClF2O2. The zero-order valence-corrected chi connectivity index (χ0v) is 17.6. The van der Waals surface area contributed by atoms with E-state index in [-0.39, 0.29) is 0 Å². The molecule has 3 aromatic carbocycles. The Labute approximate surface area is 177 Å². The maximum atomic E-state index is 13.3. The van der Waals surface area contributed by atoms with Crippen molar-refractivity contribution in [1.29, 1.82) is 0 Å². The van der Waals surface area contributed by atoms with Crippen LogP contribution in [0.25, 0.3) is 0 Å². The van der Waals surface area contributed by atoms with Crippen molar-refractivity contribution in [1.82, 2.24) is 0 Å². The lowest BCUT2D eigenvalue weighted by Gasteiger charge is -2.12. The van der Waals surface area contributed by atoms with Gasteiger partial charge < -0.3 is 5.11 Å². The lowest BCUT2D eigenvalue weighted by atomic mass is 10.0. The molecule has 1 unspecified atom stereocenters. The summed E-state index contributed by atoms with van der Waals surface area (Å²) in [6.07, 6.45) is -0.245. The summed E-state index contributed by atoms with van der Waals surface area (Å²) in [6.45, 7) is 0. The molecule has 0 bridgehead atoms. The van der Waals surface area contributed by atoms with Gasteiger partial charge in [-0.15, -0.1) is 0 Å². The molecule has 0 aliphatic heterocycles. The molecule has 7 heteroatoms. The quantitative estimate of drug-likeness (QED) is 0.391. The molecule has 0 radical (unpaired) electrons. The van der Waals surface area contributed by atoms with Crippen LogP contribution in [0.15, 0.2) is 69.6 Å². The summed E-state index contributed by atoms with van der Waals surface area (Å²) in [5, 5.41) is 10.7. The van der Waals surface area contributed by atoms with Gasteiger partial charge in [0.25, 0.3) is 0 Å². The third-order valence-electron chi connectivity index (χ3n) is 3.52. The van der Waals surface area contributed by atoms with Gasteiger partial charge in [-0.05, 0) is 79.4 Å². The number of aldehydes is 1. The molecule has 27 heavy (non-hydrogen) atoms. The number of rotatable bonds is 3. The molecule has 0 aliphatic carbocycles. The van der Waals surface area contributed by atoms with Gasteiger partial charge in [0.1, 0.15) is 24.0 Å². The number of halogens is 5. The van der Waals surface area contributed by atoms with E-state index < -0.39 is 17.7 Å². The third kappa shape index (κ3) is 6.21. The average molecular weight is 519 g/mol. The molecule has 0 spiro atoms. The van der Waals surface area contributed by atoms with Gasteiger partial charge >= 0.3 is 0 Å². The molecule has 0 saturated heterocycles. The zero-order valence-electron chi connectivity index (χ0n) is 13.7. The fourth-order valence-corrected chi connectivity index (χ4v) is 2.72. The van der Waals surface area contributed by atoms with E-state index in [1.54, 1.807) is 42.5 Å². The van der Waals surface area contributed by atoms with Gasteiger partial charge in [0.15, 0.2) is 0 Å². The molecule has 3 aromatic rings. The predicted molar refractivity (Wildman–Crippen MR) is 109 cm³/mol. The highest BCUT2D eigenvalue weighted by atomic mass is 79.9. The highest BCUT2D eigenvalue weighted by Crippen LogP contribution is 2.26. The third-order valence-corrected chi connectivity index (χ3v) is 5.06. The molecule has 1 N–H and O–H groups in total. The molecule has 3 rings (SSSR count). The Bertz CT molecular complexity index is 934. The number of hydrogen-bond acceptors (Lipinski definition) is 2. The van der Waals surface area contributed by atoms with Gasteiger partial charge in [-0.25, -0.2) is 8.78 Å². The molecule has 0 fully saturated rings. The molecule has 0 amide bonds. The molecule has 0 aromatic heterocycles. The maximum Gasteiger partial charge on any atom is 0.150 e. The molecule has 2 nitrogen and oxygen atoms in total. The lowest BCUT2D eigenvalue weighted by molar-refractivity contribution is 0.112. The fraction of sp³-hybridized carbons (Fsp3) is 0.0500. The van der Waals surface area contributed by atoms with Crippen LogP contribution >= 0.6 is 43.5 Å². The Morgan fingerprint density at radius 1 is 0.852 bits per heavy atom. The number of benzene rings is 3. The van der Waals surface area contributed by atoms with E-state index in [0.29, 0.717) is 36.9 Å². The zero-order chi connectivity index (χ0) is 20.0. The predicted octanol–water partition coefficient (Wildman–Crippen LogP) is 6.72. The van der Waals surface area contributed by atoms with Crippen molar-refractivity contribution in [3.63, 3.8) is 0 Å². The van der Waals surface area contributed by atoms with Crippen LogP contribution in [0.2, 0.25) is 5.02 Å². The summed E-state index contributed by atoms with van der Waals surface area (Å²) in [5.74, 6) is -0.805. The lowest BCUT2D eigenvalue weighted by Crippen LogP contribution is -2.00. The normalized spacial score (nSPS) is 11.3. The van der Waals surface area contributed by atoms with Crippen LogP contribution in [0.5, 0.6) is 0 Å². The standard InChI is InChI=1S/C13H9BrClFO.C7H4BrFO/c14-11-6-3-9(7-12(11)16)13(17)8-1-4-10(15)5-2-8;8-6-2-1-5(4-10)3-7(6)9/h1-7,13,17H;1-4H. The molecule has 0 saturated carbocycles. The Balaban J connectivity index is 0.000000223. The van der Waals surface area contributed by atoms with E-state index in [1.165, 1.54) is 18.2 Å². The monoisotopic (exact) mass is 516 g/mol. The maximum absolute atomic E-state index is 13.3. The summed E-state index contributed by atoms with van der Waals surface area (Å²) in [7, 11) is 0. The van der Waals surface area contributed by atoms with Crippen molar-refractivity contribution in [2.75, 3.05) is 0 Å². The van der Waals surface area contributed by atoms with E-state index in [4.69, 9.17) is 11.6 Å². The number of aliphatic hydroxyl groups excluding tert-OH is 1. The minimum absolute atomic E-state index is 0.348. The van der Waals surface area contributed by atoms with Crippen molar-refractivity contribution in [3.8, 4) is 0 Å². The van der Waals surface area contributed by atoms with E-state index in [2.05, 4.69) is 31.9 Å². The van der Waals surface area contributed by atoms with Gasteiger partial charge in [-0.2, -0.15) is 0 Å². The van der Waals surface area contributed by atoms with Crippen LogP contribution in [-0.4, -0.2) is 11.4 Å². The minimum Gasteiger partial charge on any atom is -0.384 e. The van der Waals surface area contributed by atoms with Crippen molar-refractivity contribution in [3.05, 3.63) is 103 Å². The number of carbonyl (C=O) groups excluding carboxylic acids is 1. The summed E-state index contributed by atoms with van der Waals surface area (Å²) in [6, 6.07) is 15.6. The summed E-state index contributed by atoms with van der Waals surface area (Å²) >= 11 is 11.8. The highest BCUT2D eigenvalue weighted by molar-refractivity contribution is 9.10. The van der Waals surface area contributed by atoms with Crippen molar-refractivity contribution in [2.24, 2.45) is 0 Å². The Kier molecular flexibility index (Phi) is 8.10. The fourth-order valence-electron chi connectivity index (χ4n) is 2.11. The van der Waals surface area contributed by atoms with Crippen molar-refractivity contribution < 1.29 is 18.7 Å². The van der Waals surface area contributed by atoms with Crippen LogP contribution in [0.1, 0.15) is 27.6 Å². The highest BCUT2D eigenvalue weighted by Gasteiger charge is 2.12. The van der Waals surface area contributed by atoms with Crippen LogP contribution in [0.3, 0.4) is 0 Å². The summed E-state index contributed by atoms with van der Waals surface area (Å²) < 4.78 is 26.7. The number of aliphatic hydroxyl groups is 1. The first-order chi connectivity index (χ1) is 12.8. The average Bonchev–Trinajstić information content (AvgIpc) is 2.67. The largest absolute Gasteiger partial charge is 0.384 e. The minimum atomic E-state index is -0.852. The van der Waals surface area contributed by atoms with Crippen LogP contribution in [0.4, 0.5) is 8.78 Å². The number of carbonyl (C=O) groups is 1. The SMILES string of the molecule is O=Cc1ccc(Br)c(F)c1.OC(c1ccc(Cl)cc1)c1ccc(Br)c(F)c1. The topological polar surface area (TPSA) is 37.3 Å². The first kappa shape index (κ1) is 21.7. The molecule has 0 aliphatic rings. The van der Waals surface area contributed by atoms with Crippen molar-refractivity contribution >= 4 is 49.7 Å². The first-order valence-corrected chi connectivity index (χ1v) is 9.57. The van der Waals surface area contributed by atoms with Gasteiger partial charge in [0.2, 0.25) is 0 Å². The van der Waals surface area contributed by atoms with Crippen molar-refractivity contribution in [2.45, 2.75) is 6.10 Å². The summed E-state index contributed by atoms with van der Waals surface area (Å²) in [5.41, 5.74) is 1.53. The Morgan fingerprint density at radius 2 is 1.37 bits per heavy atom. The van der Waals surface area contributed by atoms with E-state index >= 15 is 0 Å². The first-order valence-electron chi connectivity index (χ1n) is 7.60. The summed E-state index contributed by atoms with van der Waals surface area (Å²) in [4.78, 5) is 10.1. The van der Waals surface area contributed by atoms with Crippen LogP contribution < -0.4 is 0 Å². The van der Waals surface area contributed by atoms with Gasteiger partial charge in [0.05, 0.1) is 8.95 Å². The Morgan fingerprint density at radius 3 is 1.89 bits per heavy atom. The molecule has 140 valence electrons. The molecule has 1 atom stereocenters. The van der Waals surface area contributed by atoms with E-state index in [1.807, 2.05) is 0 Å². The van der Waals surface area contributed by atoms with Gasteiger partial charge in [-0.3, -0.25) is 4.79 Å². The second-order valence-corrected chi connectivity index (χ2v) is 7.56. The van der Waals surface area contributed by atoms with Gasteiger partial charge in [0, 0.05) is 10.6 Å². The molecular weight excluding hydrogens is 505 g/mol. The second-order valence-electron chi connectivity index (χ2n) is 5.42. The second kappa shape index (κ2) is 10.1. The van der Waals surface area contributed by atoms with Crippen LogP contribution in [-0.2, 0) is 0 Å². The smallest absolute Gasteiger partial charge is 0.150 e. The van der Waals surface area contributed by atoms with E-state index in [9.17, 15) is 18.7 Å².